The average molecular weight is 985 g/mol. The Balaban J connectivity index is 1.79. The zero-order chi connectivity index (χ0) is 51.3. The molecule has 0 aromatic heterocycles. The van der Waals surface area contributed by atoms with Crippen molar-refractivity contribution < 1.29 is 52.3 Å². The highest BCUT2D eigenvalue weighted by Crippen LogP contribution is 2.42. The number of unbranched alkanes of at least 4 members (excludes halogenated alkanes) is 15. The lowest BCUT2D eigenvalue weighted by Crippen LogP contribution is -2.14. The highest BCUT2D eigenvalue weighted by atomic mass is 16.6. The van der Waals surface area contributed by atoms with Crippen molar-refractivity contribution in [2.45, 2.75) is 190 Å². The number of hydrogen-bond acceptors (Lipinski definition) is 11. The molecule has 0 amide bonds. The van der Waals surface area contributed by atoms with Gasteiger partial charge in [0.05, 0.1) is 39.0 Å². The Kier molecular flexibility index (Phi) is 31.5. The first-order valence-electron chi connectivity index (χ1n) is 27.2. The van der Waals surface area contributed by atoms with Gasteiger partial charge in [-0.3, -0.25) is 4.79 Å². The molecule has 3 aromatic carbocycles. The average Bonchev–Trinajstić information content (AvgIpc) is 3.37. The molecule has 0 saturated heterocycles. The van der Waals surface area contributed by atoms with E-state index in [4.69, 9.17) is 37.9 Å². The van der Waals surface area contributed by atoms with Crippen LogP contribution in [0.2, 0.25) is 0 Å². The molecule has 1 atom stereocenters. The van der Waals surface area contributed by atoms with Crippen LogP contribution >= 0.6 is 0 Å². The lowest BCUT2D eigenvalue weighted by molar-refractivity contribution is -0.149. The Bertz CT molecular complexity index is 2000. The summed E-state index contributed by atoms with van der Waals surface area (Å²) in [6.45, 7) is 17.3. The smallest absolute Gasteiger partial charge is 0.336 e. The second-order valence-electron chi connectivity index (χ2n) is 18.2. The summed E-state index contributed by atoms with van der Waals surface area (Å²) in [5.41, 5.74) is 2.01. The summed E-state index contributed by atoms with van der Waals surface area (Å²) in [6, 6.07) is 13.7. The molecule has 394 valence electrons. The van der Waals surface area contributed by atoms with E-state index >= 15 is 0 Å². The maximum absolute atomic E-state index is 13.2. The van der Waals surface area contributed by atoms with Crippen LogP contribution in [-0.4, -0.2) is 50.9 Å². The maximum atomic E-state index is 13.2. The summed E-state index contributed by atoms with van der Waals surface area (Å²) in [6.07, 6.45) is 27.8. The Morgan fingerprint density at radius 2 is 0.817 bits per heavy atom. The normalized spacial score (nSPS) is 11.7. The van der Waals surface area contributed by atoms with E-state index in [2.05, 4.69) is 34.6 Å². The van der Waals surface area contributed by atoms with E-state index in [1.54, 1.807) is 36.4 Å². The maximum Gasteiger partial charge on any atom is 0.336 e. The number of ether oxygens (including phenoxy) is 8. The highest BCUT2D eigenvalue weighted by molar-refractivity contribution is 5.90. The SMILES string of the molecule is CCCCCCOc1ccc(C=CC(=O)Oc2ccc(OC(=O)C=Cc3ccc(COC(=O)C(C)CC)c(OCCCCCC)c3OCCCCCC)cc2)c(OCCCCCC)c1OCCCCCC. The molecule has 3 rings (SSSR count). The first-order chi connectivity index (χ1) is 34.7. The van der Waals surface area contributed by atoms with E-state index in [0.717, 1.165) is 128 Å². The van der Waals surface area contributed by atoms with E-state index in [0.29, 0.717) is 84.9 Å². The minimum atomic E-state index is -0.610. The number of esters is 3. The van der Waals surface area contributed by atoms with Gasteiger partial charge in [-0.05, 0) is 87.1 Å². The molecule has 71 heavy (non-hydrogen) atoms. The van der Waals surface area contributed by atoms with Gasteiger partial charge in [-0.2, -0.15) is 0 Å². The van der Waals surface area contributed by atoms with Crippen LogP contribution in [0.4, 0.5) is 0 Å². The van der Waals surface area contributed by atoms with Crippen LogP contribution in [0.15, 0.2) is 60.7 Å². The summed E-state index contributed by atoms with van der Waals surface area (Å²) in [5, 5.41) is 0. The molecule has 0 N–H and O–H groups in total. The van der Waals surface area contributed by atoms with Crippen LogP contribution in [0.3, 0.4) is 0 Å². The van der Waals surface area contributed by atoms with Crippen LogP contribution < -0.4 is 33.2 Å². The zero-order valence-electron chi connectivity index (χ0n) is 44.6. The summed E-state index contributed by atoms with van der Waals surface area (Å²) in [7, 11) is 0. The van der Waals surface area contributed by atoms with Gasteiger partial charge in [0.25, 0.3) is 0 Å². The van der Waals surface area contributed by atoms with E-state index < -0.39 is 11.9 Å². The molecule has 0 aliphatic heterocycles. The molecular weight excluding hydrogens is 897 g/mol. The Morgan fingerprint density at radius 3 is 1.24 bits per heavy atom. The van der Waals surface area contributed by atoms with Crippen molar-refractivity contribution in [3.05, 3.63) is 77.4 Å². The quantitative estimate of drug-likeness (QED) is 0.0234. The molecule has 0 bridgehead atoms. The van der Waals surface area contributed by atoms with Crippen LogP contribution in [0, 0.1) is 5.92 Å². The third kappa shape index (κ3) is 24.0. The van der Waals surface area contributed by atoms with E-state index in [9.17, 15) is 14.4 Å². The standard InChI is InChI=1S/C60H88O11/c1-8-14-19-24-41-64-53-38-31-49(57(66-43-26-21-16-10-3)59(53)68-45-28-23-18-12-5)33-40-55(62)71-52-36-34-51(35-37-52)70-54(61)39-32-48-29-30-50(46-69-60(63)47(7)13-6)58(67-44-27-22-17-11-4)56(48)65-42-25-20-15-9-2/h29-40,47H,8-28,41-46H2,1-7H3. The molecular formula is C60H88O11. The van der Waals surface area contributed by atoms with Crippen molar-refractivity contribution in [3.8, 4) is 40.2 Å². The lowest BCUT2D eigenvalue weighted by atomic mass is 10.1. The van der Waals surface area contributed by atoms with Crippen molar-refractivity contribution in [1.82, 2.24) is 0 Å². The van der Waals surface area contributed by atoms with Crippen LogP contribution in [0.25, 0.3) is 12.2 Å². The zero-order valence-corrected chi connectivity index (χ0v) is 44.6. The third-order valence-corrected chi connectivity index (χ3v) is 12.0. The van der Waals surface area contributed by atoms with Gasteiger partial charge in [0.15, 0.2) is 23.0 Å². The topological polar surface area (TPSA) is 125 Å². The number of hydrogen-bond donors (Lipinski definition) is 0. The number of carbonyl (C=O) groups excluding carboxylic acids is 3. The van der Waals surface area contributed by atoms with Crippen molar-refractivity contribution in [2.75, 3.05) is 33.0 Å². The minimum Gasteiger partial charge on any atom is -0.490 e. The number of benzene rings is 3. The minimum absolute atomic E-state index is 0.0427. The highest BCUT2D eigenvalue weighted by Gasteiger charge is 2.21. The van der Waals surface area contributed by atoms with Gasteiger partial charge in [-0.25, -0.2) is 9.59 Å². The van der Waals surface area contributed by atoms with Crippen molar-refractivity contribution >= 4 is 30.1 Å². The van der Waals surface area contributed by atoms with Crippen molar-refractivity contribution in [2.24, 2.45) is 5.92 Å². The molecule has 0 heterocycles. The summed E-state index contributed by atoms with van der Waals surface area (Å²) < 4.78 is 48.9. The Hall–Kier alpha value is -5.45. The number of carbonyl (C=O) groups is 3. The summed E-state index contributed by atoms with van der Waals surface area (Å²) in [4.78, 5) is 39.1. The van der Waals surface area contributed by atoms with E-state index in [1.165, 1.54) is 12.2 Å². The molecule has 3 aromatic rings. The molecule has 0 radical (unpaired) electrons. The summed E-state index contributed by atoms with van der Waals surface area (Å²) >= 11 is 0. The molecule has 0 aliphatic carbocycles. The van der Waals surface area contributed by atoms with Crippen molar-refractivity contribution in [3.63, 3.8) is 0 Å². The molecule has 1 unspecified atom stereocenters. The second-order valence-corrected chi connectivity index (χ2v) is 18.2. The van der Waals surface area contributed by atoms with Gasteiger partial charge in [0.1, 0.15) is 18.1 Å². The van der Waals surface area contributed by atoms with Gasteiger partial charge in [0, 0.05) is 28.8 Å². The van der Waals surface area contributed by atoms with Gasteiger partial charge >= 0.3 is 17.9 Å². The van der Waals surface area contributed by atoms with Gasteiger partial charge in [0.2, 0.25) is 5.75 Å². The lowest BCUT2D eigenvalue weighted by Gasteiger charge is -2.19. The van der Waals surface area contributed by atoms with Gasteiger partial charge < -0.3 is 37.9 Å². The monoisotopic (exact) mass is 985 g/mol. The largest absolute Gasteiger partial charge is 0.490 e. The molecule has 11 heteroatoms. The Labute approximate surface area is 427 Å². The fourth-order valence-corrected chi connectivity index (χ4v) is 7.43. The third-order valence-electron chi connectivity index (χ3n) is 12.0. The van der Waals surface area contributed by atoms with E-state index in [1.807, 2.05) is 38.1 Å². The predicted molar refractivity (Wildman–Crippen MR) is 286 cm³/mol. The van der Waals surface area contributed by atoms with Crippen molar-refractivity contribution in [1.29, 1.82) is 0 Å². The molecule has 0 fully saturated rings. The predicted octanol–water partition coefficient (Wildman–Crippen LogP) is 15.8. The molecule has 0 spiro atoms. The fourth-order valence-electron chi connectivity index (χ4n) is 7.43. The number of rotatable bonds is 40. The first-order valence-corrected chi connectivity index (χ1v) is 27.2. The summed E-state index contributed by atoms with van der Waals surface area (Å²) in [5.74, 6) is 1.64. The van der Waals surface area contributed by atoms with Crippen LogP contribution in [0.5, 0.6) is 40.2 Å². The van der Waals surface area contributed by atoms with E-state index in [-0.39, 0.29) is 30.0 Å². The molecule has 0 saturated carbocycles. The van der Waals surface area contributed by atoms with Crippen LogP contribution in [0.1, 0.15) is 200 Å². The first kappa shape index (κ1) is 59.9. The van der Waals surface area contributed by atoms with Crippen LogP contribution in [-0.2, 0) is 25.7 Å². The van der Waals surface area contributed by atoms with Gasteiger partial charge in [-0.1, -0.05) is 157 Å². The molecule has 11 nitrogen and oxygen atoms in total. The Morgan fingerprint density at radius 1 is 0.437 bits per heavy atom. The van der Waals surface area contributed by atoms with Gasteiger partial charge in [-0.15, -0.1) is 0 Å². The fraction of sp³-hybridized carbons (Fsp3) is 0.583. The second kappa shape index (κ2) is 37.3. The molecule has 0 aliphatic rings.